The van der Waals surface area contributed by atoms with E-state index in [-0.39, 0.29) is 12.4 Å². The summed E-state index contributed by atoms with van der Waals surface area (Å²) in [6, 6.07) is 7.36. The summed E-state index contributed by atoms with van der Waals surface area (Å²) in [7, 11) is 0. The monoisotopic (exact) mass is 295 g/mol. The van der Waals surface area contributed by atoms with E-state index < -0.39 is 0 Å². The second-order valence-corrected chi connectivity index (χ2v) is 5.23. The molecule has 0 atom stereocenters. The molecular weight excluding hydrogens is 274 g/mol. The van der Waals surface area contributed by atoms with E-state index in [0.29, 0.717) is 18.2 Å². The van der Waals surface area contributed by atoms with Gasteiger partial charge in [-0.15, -0.1) is 12.4 Å². The van der Waals surface area contributed by atoms with Crippen molar-refractivity contribution in [3.63, 3.8) is 0 Å². The Hall–Kier alpha value is -1.68. The number of nitrogens with zero attached hydrogens (tertiary/aromatic N) is 2. The molecule has 0 aliphatic rings. The van der Waals surface area contributed by atoms with Crippen LogP contribution in [0.4, 0.5) is 5.69 Å². The highest BCUT2D eigenvalue weighted by molar-refractivity contribution is 5.85. The molecule has 20 heavy (non-hydrogen) atoms. The third-order valence-electron chi connectivity index (χ3n) is 2.96. The molecule has 0 bridgehead atoms. The first-order valence-corrected chi connectivity index (χ1v) is 6.61. The molecule has 0 aliphatic heterocycles. The molecule has 1 aromatic heterocycles. The molecule has 0 aliphatic carbocycles. The van der Waals surface area contributed by atoms with Crippen molar-refractivity contribution in [3.8, 4) is 5.75 Å². The quantitative estimate of drug-likeness (QED) is 0.886. The molecule has 2 aromatic rings. The smallest absolute Gasteiger partial charge is 0.120 e. The van der Waals surface area contributed by atoms with E-state index in [4.69, 9.17) is 0 Å². The van der Waals surface area contributed by atoms with Crippen molar-refractivity contribution in [2.24, 2.45) is 5.92 Å². The molecule has 0 radical (unpaired) electrons. The van der Waals surface area contributed by atoms with Crippen molar-refractivity contribution in [2.45, 2.75) is 33.9 Å². The predicted octanol–water partition coefficient (Wildman–Crippen LogP) is 3.59. The van der Waals surface area contributed by atoms with Crippen molar-refractivity contribution in [1.29, 1.82) is 0 Å². The SMILES string of the molecule is Cc1nn(CC(C)C)cc1NCc1ccccc1O.Cl. The fourth-order valence-electron chi connectivity index (χ4n) is 2.01. The average molecular weight is 296 g/mol. The first-order valence-electron chi connectivity index (χ1n) is 6.61. The Morgan fingerprint density at radius 1 is 1.30 bits per heavy atom. The van der Waals surface area contributed by atoms with E-state index in [0.717, 1.165) is 23.5 Å². The third-order valence-corrected chi connectivity index (χ3v) is 2.96. The van der Waals surface area contributed by atoms with Crippen LogP contribution in [0.15, 0.2) is 30.5 Å². The van der Waals surface area contributed by atoms with Crippen LogP contribution in [0.1, 0.15) is 25.1 Å². The number of phenols is 1. The van der Waals surface area contributed by atoms with Crippen LogP contribution >= 0.6 is 12.4 Å². The van der Waals surface area contributed by atoms with Crippen molar-refractivity contribution in [2.75, 3.05) is 5.32 Å². The second kappa shape index (κ2) is 7.20. The first kappa shape index (κ1) is 16.4. The first-order chi connectivity index (χ1) is 9.06. The summed E-state index contributed by atoms with van der Waals surface area (Å²) in [4.78, 5) is 0. The average Bonchev–Trinajstić information content (AvgIpc) is 2.67. The number of rotatable bonds is 5. The number of anilines is 1. The van der Waals surface area contributed by atoms with Crippen LogP contribution in [0.2, 0.25) is 0 Å². The number of aryl methyl sites for hydroxylation is 1. The van der Waals surface area contributed by atoms with E-state index in [2.05, 4.69) is 24.3 Å². The zero-order valence-corrected chi connectivity index (χ0v) is 12.9. The van der Waals surface area contributed by atoms with E-state index in [1.54, 1.807) is 6.07 Å². The number of aromatic nitrogens is 2. The summed E-state index contributed by atoms with van der Waals surface area (Å²) in [5, 5.41) is 17.5. The summed E-state index contributed by atoms with van der Waals surface area (Å²) < 4.78 is 1.97. The molecule has 5 heteroatoms. The molecule has 2 N–H and O–H groups in total. The zero-order valence-electron chi connectivity index (χ0n) is 12.1. The lowest BCUT2D eigenvalue weighted by Crippen LogP contribution is -2.04. The van der Waals surface area contributed by atoms with Crippen LogP contribution in [0, 0.1) is 12.8 Å². The maximum atomic E-state index is 9.72. The van der Waals surface area contributed by atoms with Crippen LogP contribution < -0.4 is 5.32 Å². The van der Waals surface area contributed by atoms with Crippen LogP contribution in [-0.4, -0.2) is 14.9 Å². The van der Waals surface area contributed by atoms with Gasteiger partial charge in [-0.3, -0.25) is 4.68 Å². The number of aromatic hydroxyl groups is 1. The fraction of sp³-hybridized carbons (Fsp3) is 0.400. The highest BCUT2D eigenvalue weighted by Gasteiger charge is 2.06. The summed E-state index contributed by atoms with van der Waals surface area (Å²) in [6.07, 6.45) is 2.02. The molecule has 0 amide bonds. The number of hydrogen-bond donors (Lipinski definition) is 2. The van der Waals surface area contributed by atoms with Crippen LogP contribution in [0.25, 0.3) is 0 Å². The predicted molar refractivity (Wildman–Crippen MR) is 84.5 cm³/mol. The number of hydrogen-bond acceptors (Lipinski definition) is 3. The number of benzene rings is 1. The van der Waals surface area contributed by atoms with Gasteiger partial charge < -0.3 is 10.4 Å². The highest BCUT2D eigenvalue weighted by Crippen LogP contribution is 2.19. The van der Waals surface area contributed by atoms with Gasteiger partial charge in [0.15, 0.2) is 0 Å². The minimum absolute atomic E-state index is 0. The van der Waals surface area contributed by atoms with Gasteiger partial charge in [0.25, 0.3) is 0 Å². The standard InChI is InChI=1S/C15H21N3O.ClH/c1-11(2)9-18-10-14(12(3)17-18)16-8-13-6-4-5-7-15(13)19;/h4-7,10-11,16,19H,8-9H2,1-3H3;1H. The minimum atomic E-state index is 0. The third kappa shape index (κ3) is 4.17. The Morgan fingerprint density at radius 2 is 2.00 bits per heavy atom. The van der Waals surface area contributed by atoms with Gasteiger partial charge in [0.1, 0.15) is 5.75 Å². The molecular formula is C15H22ClN3O. The lowest BCUT2D eigenvalue weighted by Gasteiger charge is -2.06. The van der Waals surface area contributed by atoms with Crippen molar-refractivity contribution in [3.05, 3.63) is 41.7 Å². The van der Waals surface area contributed by atoms with Crippen molar-refractivity contribution >= 4 is 18.1 Å². The molecule has 0 spiro atoms. The molecule has 2 rings (SSSR count). The number of nitrogens with one attached hydrogen (secondary N) is 1. The highest BCUT2D eigenvalue weighted by atomic mass is 35.5. The maximum absolute atomic E-state index is 9.72. The second-order valence-electron chi connectivity index (χ2n) is 5.23. The normalized spacial score (nSPS) is 10.4. The van der Waals surface area contributed by atoms with E-state index in [1.807, 2.05) is 36.0 Å². The molecule has 4 nitrogen and oxygen atoms in total. The van der Waals surface area contributed by atoms with Crippen LogP contribution in [0.3, 0.4) is 0 Å². The fourth-order valence-corrected chi connectivity index (χ4v) is 2.01. The molecule has 110 valence electrons. The topological polar surface area (TPSA) is 50.1 Å². The summed E-state index contributed by atoms with van der Waals surface area (Å²) >= 11 is 0. The van der Waals surface area contributed by atoms with Gasteiger partial charge in [-0.25, -0.2) is 0 Å². The van der Waals surface area contributed by atoms with E-state index in [1.165, 1.54) is 0 Å². The van der Waals surface area contributed by atoms with Gasteiger partial charge in [0, 0.05) is 24.8 Å². The van der Waals surface area contributed by atoms with E-state index in [9.17, 15) is 5.11 Å². The summed E-state index contributed by atoms with van der Waals surface area (Å²) in [6.45, 7) is 7.85. The molecule has 0 saturated heterocycles. The number of halogens is 1. The molecule has 0 fully saturated rings. The molecule has 1 heterocycles. The van der Waals surface area contributed by atoms with Gasteiger partial charge in [0.05, 0.1) is 11.4 Å². The summed E-state index contributed by atoms with van der Waals surface area (Å²) in [5.41, 5.74) is 2.89. The molecule has 1 aromatic carbocycles. The van der Waals surface area contributed by atoms with Gasteiger partial charge in [-0.05, 0) is 18.9 Å². The Morgan fingerprint density at radius 3 is 2.65 bits per heavy atom. The zero-order chi connectivity index (χ0) is 13.8. The lowest BCUT2D eigenvalue weighted by atomic mass is 10.2. The Kier molecular flexibility index (Phi) is 5.89. The van der Waals surface area contributed by atoms with E-state index >= 15 is 0 Å². The van der Waals surface area contributed by atoms with Crippen molar-refractivity contribution in [1.82, 2.24) is 9.78 Å². The molecule has 0 unspecified atom stereocenters. The largest absolute Gasteiger partial charge is 0.508 e. The van der Waals surface area contributed by atoms with Gasteiger partial charge in [-0.1, -0.05) is 32.0 Å². The van der Waals surface area contributed by atoms with Gasteiger partial charge in [-0.2, -0.15) is 5.10 Å². The molecule has 0 saturated carbocycles. The maximum Gasteiger partial charge on any atom is 0.120 e. The number of para-hydroxylation sites is 1. The summed E-state index contributed by atoms with van der Waals surface area (Å²) in [5.74, 6) is 0.896. The van der Waals surface area contributed by atoms with Crippen LogP contribution in [-0.2, 0) is 13.1 Å². The van der Waals surface area contributed by atoms with Gasteiger partial charge >= 0.3 is 0 Å². The van der Waals surface area contributed by atoms with Crippen LogP contribution in [0.5, 0.6) is 5.75 Å². The van der Waals surface area contributed by atoms with Gasteiger partial charge in [0.2, 0.25) is 0 Å². The lowest BCUT2D eigenvalue weighted by molar-refractivity contribution is 0.469. The Labute approximate surface area is 126 Å². The Balaban J connectivity index is 0.00000200. The Bertz CT molecular complexity index is 552. The van der Waals surface area contributed by atoms with Crippen molar-refractivity contribution < 1.29 is 5.11 Å². The number of phenolic OH excluding ortho intramolecular Hbond substituents is 1. The minimum Gasteiger partial charge on any atom is -0.508 e.